The van der Waals surface area contributed by atoms with Crippen molar-refractivity contribution in [1.29, 1.82) is 0 Å². The smallest absolute Gasteiger partial charge is 0.315 e. The van der Waals surface area contributed by atoms with Crippen LogP contribution in [0.2, 0.25) is 0 Å². The molecule has 1 aliphatic rings. The van der Waals surface area contributed by atoms with Crippen LogP contribution in [-0.4, -0.2) is 23.3 Å². The van der Waals surface area contributed by atoms with E-state index in [-0.39, 0.29) is 12.1 Å². The fourth-order valence-electron chi connectivity index (χ4n) is 2.61. The Hall–Kier alpha value is -1.07. The highest BCUT2D eigenvalue weighted by Crippen LogP contribution is 2.28. The molecule has 1 aromatic rings. The Morgan fingerprint density at radius 2 is 2.05 bits per heavy atom. The molecule has 1 aromatic carbocycles. The van der Waals surface area contributed by atoms with Gasteiger partial charge in [-0.15, -0.1) is 0 Å². The molecule has 1 saturated carbocycles. The molecule has 4 nitrogen and oxygen atoms in total. The summed E-state index contributed by atoms with van der Waals surface area (Å²) < 4.78 is 0.974. The number of hydrogen-bond acceptors (Lipinski definition) is 2. The second kappa shape index (κ2) is 6.59. The van der Waals surface area contributed by atoms with Gasteiger partial charge in [-0.2, -0.15) is 0 Å². The van der Waals surface area contributed by atoms with Gasteiger partial charge in [-0.3, -0.25) is 0 Å². The molecule has 0 aromatic heterocycles. The van der Waals surface area contributed by atoms with Gasteiger partial charge in [0.1, 0.15) is 0 Å². The Balaban J connectivity index is 1.84. The number of nitrogens with one attached hydrogen (secondary N) is 2. The summed E-state index contributed by atoms with van der Waals surface area (Å²) in [5, 5.41) is 15.8. The van der Waals surface area contributed by atoms with Crippen molar-refractivity contribution >= 4 is 22.0 Å². The molecule has 1 fully saturated rings. The van der Waals surface area contributed by atoms with E-state index in [2.05, 4.69) is 26.6 Å². The molecule has 20 heavy (non-hydrogen) atoms. The zero-order valence-corrected chi connectivity index (χ0v) is 13.2. The normalized spacial score (nSPS) is 18.6. The maximum Gasteiger partial charge on any atom is 0.315 e. The van der Waals surface area contributed by atoms with Crippen molar-refractivity contribution in [1.82, 2.24) is 10.6 Å². The highest BCUT2D eigenvalue weighted by Gasteiger charge is 2.31. The van der Waals surface area contributed by atoms with E-state index in [1.54, 1.807) is 0 Å². The highest BCUT2D eigenvalue weighted by molar-refractivity contribution is 9.10. The third-order valence-corrected chi connectivity index (χ3v) is 4.55. The topological polar surface area (TPSA) is 61.4 Å². The summed E-state index contributed by atoms with van der Waals surface area (Å²) in [5.41, 5.74) is 0.315. The Morgan fingerprint density at radius 1 is 1.40 bits per heavy atom. The number of benzene rings is 1. The maximum absolute atomic E-state index is 11.9. The first kappa shape index (κ1) is 15.3. The van der Waals surface area contributed by atoms with Crippen LogP contribution >= 0.6 is 15.9 Å². The van der Waals surface area contributed by atoms with Crippen molar-refractivity contribution < 1.29 is 9.90 Å². The van der Waals surface area contributed by atoms with Gasteiger partial charge < -0.3 is 15.7 Å². The molecule has 1 unspecified atom stereocenters. The van der Waals surface area contributed by atoms with Crippen LogP contribution < -0.4 is 10.6 Å². The summed E-state index contributed by atoms with van der Waals surface area (Å²) in [7, 11) is 0. The number of urea groups is 1. The summed E-state index contributed by atoms with van der Waals surface area (Å²) in [4.78, 5) is 11.9. The van der Waals surface area contributed by atoms with Gasteiger partial charge in [0.05, 0.1) is 11.6 Å². The minimum atomic E-state index is -0.714. The number of hydrogen-bond donors (Lipinski definition) is 3. The van der Waals surface area contributed by atoms with Crippen LogP contribution in [0.1, 0.15) is 44.2 Å². The van der Waals surface area contributed by atoms with Crippen molar-refractivity contribution in [2.45, 2.75) is 44.2 Å². The predicted octanol–water partition coefficient (Wildman–Crippen LogP) is 3.11. The monoisotopic (exact) mass is 340 g/mol. The fraction of sp³-hybridized carbons (Fsp3) is 0.533. The summed E-state index contributed by atoms with van der Waals surface area (Å²) in [6.07, 6.45) is 3.61. The van der Waals surface area contributed by atoms with Crippen LogP contribution in [0.25, 0.3) is 0 Å². The molecule has 2 rings (SSSR count). The van der Waals surface area contributed by atoms with Gasteiger partial charge in [-0.1, -0.05) is 47.0 Å². The van der Waals surface area contributed by atoms with Gasteiger partial charge in [-0.25, -0.2) is 4.79 Å². The molecule has 0 saturated heterocycles. The first-order chi connectivity index (χ1) is 9.50. The highest BCUT2D eigenvalue weighted by atomic mass is 79.9. The molecular weight excluding hydrogens is 320 g/mol. The second-order valence-corrected chi connectivity index (χ2v) is 6.36. The fourth-order valence-corrected chi connectivity index (χ4v) is 3.23. The SMILES string of the molecule is CC(NC(=O)NCC1(O)CCCC1)c1ccccc1Br. The van der Waals surface area contributed by atoms with Gasteiger partial charge in [0.15, 0.2) is 0 Å². The third kappa shape index (κ3) is 3.96. The first-order valence-corrected chi connectivity index (χ1v) is 7.81. The van der Waals surface area contributed by atoms with E-state index < -0.39 is 5.60 Å². The lowest BCUT2D eigenvalue weighted by molar-refractivity contribution is 0.0500. The average Bonchev–Trinajstić information content (AvgIpc) is 2.84. The minimum Gasteiger partial charge on any atom is -0.388 e. The zero-order valence-electron chi connectivity index (χ0n) is 11.7. The van der Waals surface area contributed by atoms with E-state index in [4.69, 9.17) is 0 Å². The van der Waals surface area contributed by atoms with Gasteiger partial charge >= 0.3 is 6.03 Å². The number of aliphatic hydroxyl groups is 1. The molecule has 5 heteroatoms. The molecule has 3 N–H and O–H groups in total. The van der Waals surface area contributed by atoms with Gasteiger partial charge in [-0.05, 0) is 31.4 Å². The Kier molecular flexibility index (Phi) is 5.05. The van der Waals surface area contributed by atoms with Crippen LogP contribution in [0.4, 0.5) is 4.79 Å². The first-order valence-electron chi connectivity index (χ1n) is 7.01. The van der Waals surface area contributed by atoms with E-state index in [9.17, 15) is 9.90 Å². The van der Waals surface area contributed by atoms with E-state index in [1.165, 1.54) is 0 Å². The van der Waals surface area contributed by atoms with Crippen LogP contribution in [0, 0.1) is 0 Å². The van der Waals surface area contributed by atoms with E-state index in [1.807, 2.05) is 31.2 Å². The molecule has 110 valence electrons. The van der Waals surface area contributed by atoms with Gasteiger partial charge in [0.25, 0.3) is 0 Å². The minimum absolute atomic E-state index is 0.0937. The number of halogens is 1. The largest absolute Gasteiger partial charge is 0.388 e. The molecule has 0 heterocycles. The van der Waals surface area contributed by atoms with Gasteiger partial charge in [0, 0.05) is 11.0 Å². The van der Waals surface area contributed by atoms with Crippen LogP contribution in [0.15, 0.2) is 28.7 Å². The lowest BCUT2D eigenvalue weighted by atomic mass is 10.0. The molecular formula is C15H21BrN2O2. The van der Waals surface area contributed by atoms with Crippen molar-refractivity contribution in [2.24, 2.45) is 0 Å². The third-order valence-electron chi connectivity index (χ3n) is 3.83. The lowest BCUT2D eigenvalue weighted by Gasteiger charge is -2.23. The number of carbonyl (C=O) groups excluding carboxylic acids is 1. The average molecular weight is 341 g/mol. The summed E-state index contributed by atoms with van der Waals surface area (Å²) in [5.74, 6) is 0. The Morgan fingerprint density at radius 3 is 2.70 bits per heavy atom. The van der Waals surface area contributed by atoms with E-state index >= 15 is 0 Å². The molecule has 0 radical (unpaired) electrons. The molecule has 0 aliphatic heterocycles. The maximum atomic E-state index is 11.9. The van der Waals surface area contributed by atoms with Crippen molar-refractivity contribution in [2.75, 3.05) is 6.54 Å². The molecule has 2 amide bonds. The van der Waals surface area contributed by atoms with Crippen molar-refractivity contribution in [3.8, 4) is 0 Å². The second-order valence-electron chi connectivity index (χ2n) is 5.50. The number of carbonyl (C=O) groups is 1. The molecule has 0 bridgehead atoms. The number of rotatable bonds is 4. The zero-order chi connectivity index (χ0) is 14.6. The van der Waals surface area contributed by atoms with Crippen LogP contribution in [-0.2, 0) is 0 Å². The summed E-state index contributed by atoms with van der Waals surface area (Å²) >= 11 is 3.48. The lowest BCUT2D eigenvalue weighted by Crippen LogP contribution is -2.45. The van der Waals surface area contributed by atoms with Crippen molar-refractivity contribution in [3.05, 3.63) is 34.3 Å². The Bertz CT molecular complexity index is 473. The number of amides is 2. The summed E-state index contributed by atoms with van der Waals surface area (Å²) in [6.45, 7) is 2.26. The predicted molar refractivity (Wildman–Crippen MR) is 82.5 cm³/mol. The van der Waals surface area contributed by atoms with Gasteiger partial charge in [0.2, 0.25) is 0 Å². The van der Waals surface area contributed by atoms with Crippen LogP contribution in [0.5, 0.6) is 0 Å². The quantitative estimate of drug-likeness (QED) is 0.788. The molecule has 1 atom stereocenters. The van der Waals surface area contributed by atoms with E-state index in [0.717, 1.165) is 35.7 Å². The molecule has 0 spiro atoms. The summed E-state index contributed by atoms with van der Waals surface area (Å²) in [6, 6.07) is 7.47. The molecule has 1 aliphatic carbocycles. The van der Waals surface area contributed by atoms with Crippen LogP contribution in [0.3, 0.4) is 0 Å². The standard InChI is InChI=1S/C15H21BrN2O2/c1-11(12-6-2-3-7-13(12)16)18-14(19)17-10-15(20)8-4-5-9-15/h2-3,6-7,11,20H,4-5,8-10H2,1H3,(H2,17,18,19). The van der Waals surface area contributed by atoms with E-state index in [0.29, 0.717) is 6.54 Å². The Labute approximate surface area is 128 Å². The van der Waals surface area contributed by atoms with Crippen molar-refractivity contribution in [3.63, 3.8) is 0 Å².